The minimum atomic E-state index is -0.746. The summed E-state index contributed by atoms with van der Waals surface area (Å²) in [6.07, 6.45) is 12.8. The molecule has 0 aliphatic rings. The second-order valence-electron chi connectivity index (χ2n) is 20.2. The Balaban J connectivity index is 0.000000173. The fourth-order valence-electron chi connectivity index (χ4n) is 11.2. The minimum Gasteiger partial charge on any atom is -0.462 e. The standard InChI is InChI=1S/C36H30N4O3.C22H19N3.C14H13NO4.CH4/c1-3-43-34(42)31-25-39(2)32-23-26(19-20-30(32)33(31)41)24-38-35-37-21-22-40(35)36(27-13-7-4-8-14-27,28-15-9-5-10-16-28)29-17-11-6-12-18-29;23-21-24-16-17-25(21)22(18-10-4-1-5-11-18,19-12-6-2-7-13-19)20-14-8-3-9-15-20;1-3-19-14(18)11-7-15(2)12-6-9(8-16)4-5-10(12)13(11)17;/h4-25H,3H2,1-2H3;1-17H,(H2,23,24);4-8H,3H2,1-2H3;1H4. The number of hydrogen-bond acceptors (Lipinski definition) is 11. The highest BCUT2D eigenvalue weighted by atomic mass is 16.5. The Morgan fingerprint density at radius 2 is 0.841 bits per heavy atom. The summed E-state index contributed by atoms with van der Waals surface area (Å²) >= 11 is 0. The predicted octanol–water partition coefficient (Wildman–Crippen LogP) is 13.0. The van der Waals surface area contributed by atoms with Crippen LogP contribution in [-0.2, 0) is 34.6 Å². The lowest BCUT2D eigenvalue weighted by Crippen LogP contribution is -2.38. The monoisotopic (exact) mass is 1170 g/mol. The van der Waals surface area contributed by atoms with Gasteiger partial charge in [0.1, 0.15) is 28.5 Å². The molecule has 2 N–H and O–H groups in total. The molecular weight excluding hydrogens is 1100 g/mol. The maximum absolute atomic E-state index is 13.1. The van der Waals surface area contributed by atoms with Crippen molar-refractivity contribution in [1.82, 2.24) is 28.2 Å². The maximum Gasteiger partial charge on any atom is 0.343 e. The summed E-state index contributed by atoms with van der Waals surface area (Å²) in [5, 5.41) is 0.821. The normalized spacial score (nSPS) is 11.2. The average Bonchev–Trinajstić information content (AvgIpc) is 1.27. The van der Waals surface area contributed by atoms with Crippen molar-refractivity contribution in [1.29, 1.82) is 0 Å². The van der Waals surface area contributed by atoms with Gasteiger partial charge in [-0.25, -0.2) is 24.5 Å². The van der Waals surface area contributed by atoms with Crippen LogP contribution in [0.4, 0.5) is 11.9 Å². The van der Waals surface area contributed by atoms with Crippen LogP contribution >= 0.6 is 0 Å². The molecule has 12 aromatic rings. The fourth-order valence-corrected chi connectivity index (χ4v) is 11.2. The molecule has 8 aromatic carbocycles. The van der Waals surface area contributed by atoms with Crippen LogP contribution < -0.4 is 16.6 Å². The third kappa shape index (κ3) is 12.0. The van der Waals surface area contributed by atoms with Crippen LogP contribution in [0.15, 0.2) is 270 Å². The Kier molecular flexibility index (Phi) is 19.2. The van der Waals surface area contributed by atoms with Crippen LogP contribution in [0.1, 0.15) is 91.3 Å². The summed E-state index contributed by atoms with van der Waals surface area (Å²) in [6.45, 7) is 3.80. The zero-order valence-corrected chi connectivity index (χ0v) is 48.4. The molecule has 0 aliphatic carbocycles. The Labute approximate surface area is 509 Å². The van der Waals surface area contributed by atoms with Gasteiger partial charge in [-0.15, -0.1) is 0 Å². The number of pyridine rings is 2. The molecule has 0 radical (unpaired) electrons. The van der Waals surface area contributed by atoms with E-state index in [1.165, 1.54) is 12.4 Å². The molecule has 0 fully saturated rings. The number of ether oxygens (including phenoxy) is 2. The lowest BCUT2D eigenvalue weighted by Gasteiger charge is -2.37. The second kappa shape index (κ2) is 27.6. The summed E-state index contributed by atoms with van der Waals surface area (Å²) in [4.78, 5) is 73.8. The van der Waals surface area contributed by atoms with Crippen LogP contribution in [0.25, 0.3) is 21.8 Å². The van der Waals surface area contributed by atoms with Gasteiger partial charge in [0.2, 0.25) is 22.8 Å². The van der Waals surface area contributed by atoms with Gasteiger partial charge < -0.3 is 24.3 Å². The van der Waals surface area contributed by atoms with Crippen LogP contribution in [-0.4, -0.2) is 65.9 Å². The largest absolute Gasteiger partial charge is 0.462 e. The van der Waals surface area contributed by atoms with E-state index in [4.69, 9.17) is 20.2 Å². The molecule has 4 aromatic heterocycles. The Morgan fingerprint density at radius 1 is 0.500 bits per heavy atom. The zero-order valence-electron chi connectivity index (χ0n) is 48.4. The topological polar surface area (TPSA) is 188 Å². The number of aliphatic imine (C=N–C) groups is 1. The highest BCUT2D eigenvalue weighted by Gasteiger charge is 2.41. The van der Waals surface area contributed by atoms with Crippen LogP contribution in [0.3, 0.4) is 0 Å². The smallest absolute Gasteiger partial charge is 0.343 e. The number of aldehydes is 1. The molecule has 15 nitrogen and oxygen atoms in total. The SMILES string of the molecule is C.CCOC(=O)c1cn(C)c2cc(C=Nc3nccn3C(c3ccccc3)(c3ccccc3)c3ccccc3)ccc2c1=O.CCOC(=O)c1cn(C)c2cc(C=O)ccc2c1=O.Nc1nccn1C(c1ccccc1)(c1ccccc1)c1ccccc1. The number of aromatic nitrogens is 6. The van der Waals surface area contributed by atoms with Gasteiger partial charge in [-0.2, -0.15) is 0 Å². The van der Waals surface area contributed by atoms with Gasteiger partial charge in [0.05, 0.1) is 24.2 Å². The average molecular weight is 1170 g/mol. The number of rotatable bonds is 15. The molecule has 440 valence electrons. The van der Waals surface area contributed by atoms with E-state index in [1.807, 2.05) is 102 Å². The van der Waals surface area contributed by atoms with E-state index in [9.17, 15) is 24.0 Å². The highest BCUT2D eigenvalue weighted by Crippen LogP contribution is 2.44. The Hall–Kier alpha value is -11.3. The number of nitrogens with zero attached hydrogens (tertiary/aromatic N) is 7. The van der Waals surface area contributed by atoms with E-state index in [0.29, 0.717) is 45.6 Å². The van der Waals surface area contributed by atoms with Crippen LogP contribution in [0.2, 0.25) is 0 Å². The van der Waals surface area contributed by atoms with E-state index in [1.54, 1.807) is 80.0 Å². The number of hydrogen-bond donors (Lipinski definition) is 1. The number of aryl methyl sites for hydroxylation is 2. The highest BCUT2D eigenvalue weighted by molar-refractivity contribution is 5.96. The van der Waals surface area contributed by atoms with E-state index in [2.05, 4.69) is 124 Å². The van der Waals surface area contributed by atoms with Crippen molar-refractivity contribution in [2.75, 3.05) is 18.9 Å². The first-order valence-electron chi connectivity index (χ1n) is 28.2. The molecule has 0 bridgehead atoms. The first-order chi connectivity index (χ1) is 42.4. The molecule has 88 heavy (non-hydrogen) atoms. The van der Waals surface area contributed by atoms with E-state index >= 15 is 0 Å². The quantitative estimate of drug-likeness (QED) is 0.0448. The van der Waals surface area contributed by atoms with Gasteiger partial charge in [0, 0.05) is 73.8 Å². The lowest BCUT2D eigenvalue weighted by molar-refractivity contribution is 0.0514. The molecule has 0 saturated carbocycles. The lowest BCUT2D eigenvalue weighted by atomic mass is 9.76. The van der Waals surface area contributed by atoms with Gasteiger partial charge in [0.25, 0.3) is 0 Å². The number of esters is 2. The molecule has 0 saturated heterocycles. The molecule has 0 amide bonds. The van der Waals surface area contributed by atoms with Crippen molar-refractivity contribution in [2.45, 2.75) is 32.4 Å². The third-order valence-corrected chi connectivity index (χ3v) is 15.0. The third-order valence-electron chi connectivity index (χ3n) is 15.0. The number of fused-ring (bicyclic) bond motifs is 2. The summed E-state index contributed by atoms with van der Waals surface area (Å²) in [7, 11) is 3.51. The Morgan fingerprint density at radius 3 is 1.19 bits per heavy atom. The number of nitrogen functional groups attached to an aromatic ring is 1. The van der Waals surface area contributed by atoms with Gasteiger partial charge in [-0.3, -0.25) is 23.5 Å². The maximum atomic E-state index is 13.1. The molecule has 0 atom stereocenters. The van der Waals surface area contributed by atoms with Crippen molar-refractivity contribution >= 4 is 58.1 Å². The van der Waals surface area contributed by atoms with E-state index < -0.39 is 23.0 Å². The van der Waals surface area contributed by atoms with Gasteiger partial charge in [-0.05, 0) is 77.1 Å². The zero-order chi connectivity index (χ0) is 60.9. The molecular formula is C73H66N8O7. The molecule has 15 heteroatoms. The van der Waals surface area contributed by atoms with Gasteiger partial charge >= 0.3 is 11.9 Å². The summed E-state index contributed by atoms with van der Waals surface area (Å²) in [5.41, 5.74) is 13.4. The van der Waals surface area contributed by atoms with Crippen molar-refractivity contribution in [3.63, 3.8) is 0 Å². The Bertz CT molecular complexity index is 4310. The number of carbonyl (C=O) groups excluding carboxylic acids is 3. The number of nitrogens with two attached hydrogens (primary N) is 1. The van der Waals surface area contributed by atoms with Crippen LogP contribution in [0, 0.1) is 0 Å². The second-order valence-corrected chi connectivity index (χ2v) is 20.2. The van der Waals surface area contributed by atoms with Crippen molar-refractivity contribution in [3.8, 4) is 0 Å². The summed E-state index contributed by atoms with van der Waals surface area (Å²) < 4.78 is 17.5. The molecule has 4 heterocycles. The minimum absolute atomic E-state index is 0. The molecule has 0 aliphatic heterocycles. The summed E-state index contributed by atoms with van der Waals surface area (Å²) in [6, 6.07) is 72.4. The van der Waals surface area contributed by atoms with E-state index in [-0.39, 0.29) is 42.6 Å². The summed E-state index contributed by atoms with van der Waals surface area (Å²) in [5.74, 6) is -0.259. The molecule has 0 unspecified atom stereocenters. The molecule has 12 rings (SSSR count). The fraction of sp³-hybridized carbons (Fsp3) is 0.123. The number of benzene rings is 8. The van der Waals surface area contributed by atoms with Gasteiger partial charge in [0.15, 0.2) is 0 Å². The molecule has 0 spiro atoms. The van der Waals surface area contributed by atoms with Gasteiger partial charge in [-0.1, -0.05) is 202 Å². The van der Waals surface area contributed by atoms with Crippen molar-refractivity contribution in [3.05, 3.63) is 332 Å². The van der Waals surface area contributed by atoms with E-state index in [0.717, 1.165) is 38.9 Å². The number of anilines is 1. The first kappa shape index (κ1) is 61.2. The van der Waals surface area contributed by atoms with Crippen molar-refractivity contribution in [2.24, 2.45) is 19.1 Å². The number of carbonyl (C=O) groups is 3. The number of imidazole rings is 2. The van der Waals surface area contributed by atoms with Crippen LogP contribution in [0.5, 0.6) is 0 Å². The first-order valence-corrected chi connectivity index (χ1v) is 28.2. The van der Waals surface area contributed by atoms with Crippen molar-refractivity contribution < 1.29 is 23.9 Å². The predicted molar refractivity (Wildman–Crippen MR) is 348 cm³/mol.